The van der Waals surface area contributed by atoms with Crippen molar-refractivity contribution >= 4 is 29.5 Å². The predicted molar refractivity (Wildman–Crippen MR) is 108 cm³/mol. The van der Waals surface area contributed by atoms with Gasteiger partial charge in [-0.3, -0.25) is 9.69 Å². The minimum atomic E-state index is -1.58. The van der Waals surface area contributed by atoms with E-state index in [1.807, 2.05) is 0 Å². The summed E-state index contributed by atoms with van der Waals surface area (Å²) in [4.78, 5) is 38.0. The lowest BCUT2D eigenvalue weighted by Crippen LogP contribution is -2.32. The Bertz CT molecular complexity index is 909. The summed E-state index contributed by atoms with van der Waals surface area (Å²) in [5.74, 6) is -1.75. The number of carbonyl (C=O) groups is 3. The quantitative estimate of drug-likeness (QED) is 0.504. The highest BCUT2D eigenvalue weighted by Crippen LogP contribution is 2.32. The first-order valence-electron chi connectivity index (χ1n) is 9.64. The van der Waals surface area contributed by atoms with Gasteiger partial charge in [-0.25, -0.2) is 9.59 Å². The molecule has 0 saturated carbocycles. The van der Waals surface area contributed by atoms with Crippen LogP contribution in [0.1, 0.15) is 35.7 Å². The second kappa shape index (κ2) is 9.10. The maximum Gasteiger partial charge on any atom is 0.342 e. The molecule has 9 heteroatoms. The lowest BCUT2D eigenvalue weighted by Gasteiger charge is -2.19. The molecule has 0 spiro atoms. The molecule has 4 N–H and O–H groups in total. The first-order valence-corrected chi connectivity index (χ1v) is 9.64. The summed E-state index contributed by atoms with van der Waals surface area (Å²) >= 11 is 0. The first kappa shape index (κ1) is 21.5. The third-order valence-corrected chi connectivity index (χ3v) is 4.89. The molecule has 0 radical (unpaired) electrons. The topological polar surface area (TPSA) is 136 Å². The van der Waals surface area contributed by atoms with Crippen LogP contribution in [0.5, 0.6) is 5.75 Å². The molecule has 1 aromatic carbocycles. The van der Waals surface area contributed by atoms with Gasteiger partial charge in [0.15, 0.2) is 5.78 Å². The number of cyclic esters (lactones) is 1. The van der Waals surface area contributed by atoms with Gasteiger partial charge in [-0.1, -0.05) is 18.2 Å². The number of aliphatic hydroxyl groups is 2. The number of rotatable bonds is 1. The highest BCUT2D eigenvalue weighted by Gasteiger charge is 2.26. The largest absolute Gasteiger partial charge is 0.507 e. The molecule has 3 rings (SSSR count). The van der Waals surface area contributed by atoms with Gasteiger partial charge in [-0.2, -0.15) is 0 Å². The van der Waals surface area contributed by atoms with Crippen LogP contribution in [-0.4, -0.2) is 64.5 Å². The SMILES string of the molecule is CC1C/C=C\C(=O)C(O)C(O)C/C=C/c2cc(N3CCNC3=O)cc(O)c2C(=O)O1. The third-order valence-electron chi connectivity index (χ3n) is 4.89. The van der Waals surface area contributed by atoms with E-state index in [4.69, 9.17) is 4.74 Å². The molecule has 9 nitrogen and oxygen atoms in total. The molecule has 160 valence electrons. The van der Waals surface area contributed by atoms with Crippen molar-refractivity contribution in [1.29, 1.82) is 0 Å². The highest BCUT2D eigenvalue weighted by atomic mass is 16.5. The standard InChI is InChI=1S/C21H24N2O7/c1-12-4-2-6-15(24)19(27)16(25)7-3-5-13-10-14(23-9-8-22-21(23)29)11-17(26)18(13)20(28)30-12/h2-3,5-6,10-12,16,19,25-27H,4,7-9H2,1H3,(H,22,29)/b5-3+,6-2-. The number of nitrogens with one attached hydrogen (secondary N) is 1. The van der Waals surface area contributed by atoms with E-state index in [0.29, 0.717) is 18.8 Å². The second-order valence-electron chi connectivity index (χ2n) is 7.22. The number of aliphatic hydroxyl groups excluding tert-OH is 2. The van der Waals surface area contributed by atoms with E-state index in [-0.39, 0.29) is 35.7 Å². The minimum Gasteiger partial charge on any atom is -0.507 e. The summed E-state index contributed by atoms with van der Waals surface area (Å²) in [6.45, 7) is 2.48. The number of aromatic hydroxyl groups is 1. The number of benzene rings is 1. The van der Waals surface area contributed by atoms with Gasteiger partial charge in [0.2, 0.25) is 0 Å². The summed E-state index contributed by atoms with van der Waals surface area (Å²) < 4.78 is 5.37. The van der Waals surface area contributed by atoms with Crippen molar-refractivity contribution in [3.63, 3.8) is 0 Å². The van der Waals surface area contributed by atoms with Gasteiger partial charge in [0.25, 0.3) is 0 Å². The number of hydrogen-bond acceptors (Lipinski definition) is 7. The summed E-state index contributed by atoms with van der Waals surface area (Å²) in [5.41, 5.74) is 0.600. The third kappa shape index (κ3) is 4.69. The van der Waals surface area contributed by atoms with E-state index >= 15 is 0 Å². The molecule has 1 saturated heterocycles. The zero-order valence-corrected chi connectivity index (χ0v) is 16.4. The highest BCUT2D eigenvalue weighted by molar-refractivity contribution is 6.00. The molecule has 2 aliphatic heterocycles. The number of fused-ring (bicyclic) bond motifs is 1. The number of amides is 2. The van der Waals surface area contributed by atoms with Crippen LogP contribution in [0.25, 0.3) is 6.08 Å². The molecule has 2 aliphatic rings. The van der Waals surface area contributed by atoms with E-state index < -0.39 is 30.1 Å². The average molecular weight is 416 g/mol. The second-order valence-corrected chi connectivity index (χ2v) is 7.22. The smallest absolute Gasteiger partial charge is 0.342 e. The van der Waals surface area contributed by atoms with Gasteiger partial charge in [-0.15, -0.1) is 0 Å². The zero-order chi connectivity index (χ0) is 21.8. The van der Waals surface area contributed by atoms with Gasteiger partial charge >= 0.3 is 12.0 Å². The molecular weight excluding hydrogens is 392 g/mol. The van der Waals surface area contributed by atoms with Crippen molar-refractivity contribution in [2.75, 3.05) is 18.0 Å². The van der Waals surface area contributed by atoms with Crippen molar-refractivity contribution in [2.45, 2.75) is 38.1 Å². The number of ketones is 1. The lowest BCUT2D eigenvalue weighted by molar-refractivity contribution is -0.127. The van der Waals surface area contributed by atoms with Crippen LogP contribution >= 0.6 is 0 Å². The van der Waals surface area contributed by atoms with E-state index in [1.54, 1.807) is 13.0 Å². The maximum atomic E-state index is 12.7. The van der Waals surface area contributed by atoms with E-state index in [2.05, 4.69) is 5.32 Å². The Labute approximate surface area is 173 Å². The van der Waals surface area contributed by atoms with Crippen LogP contribution in [0.15, 0.2) is 30.4 Å². The fraction of sp³-hybridized carbons (Fsp3) is 0.381. The van der Waals surface area contributed by atoms with Crippen molar-refractivity contribution in [3.8, 4) is 5.75 Å². The Balaban J connectivity index is 2.02. The zero-order valence-electron chi connectivity index (χ0n) is 16.4. The van der Waals surface area contributed by atoms with E-state index in [9.17, 15) is 29.7 Å². The van der Waals surface area contributed by atoms with Crippen molar-refractivity contribution < 1.29 is 34.4 Å². The monoisotopic (exact) mass is 416 g/mol. The Morgan fingerprint density at radius 1 is 1.10 bits per heavy atom. The van der Waals surface area contributed by atoms with E-state index in [1.165, 1.54) is 29.2 Å². The van der Waals surface area contributed by atoms with Crippen LogP contribution in [0, 0.1) is 0 Å². The molecular formula is C21H24N2O7. The molecule has 0 aliphatic carbocycles. The number of ether oxygens (including phenoxy) is 1. The number of phenols is 1. The summed E-state index contributed by atoms with van der Waals surface area (Å²) in [6.07, 6.45) is 2.15. The molecule has 3 unspecified atom stereocenters. The normalized spacial score (nSPS) is 27.6. The van der Waals surface area contributed by atoms with Crippen molar-refractivity contribution in [2.24, 2.45) is 0 Å². The maximum absolute atomic E-state index is 12.7. The van der Waals surface area contributed by atoms with Crippen LogP contribution in [0.3, 0.4) is 0 Å². The minimum absolute atomic E-state index is 0.0686. The van der Waals surface area contributed by atoms with Gasteiger partial charge in [0.1, 0.15) is 23.5 Å². The number of phenolic OH excluding ortho intramolecular Hbond substituents is 1. The van der Waals surface area contributed by atoms with Gasteiger partial charge in [0, 0.05) is 31.3 Å². The van der Waals surface area contributed by atoms with Gasteiger partial charge in [0.05, 0.1) is 6.10 Å². The van der Waals surface area contributed by atoms with Crippen LogP contribution in [-0.2, 0) is 9.53 Å². The summed E-state index contributed by atoms with van der Waals surface area (Å²) in [5, 5.41) is 33.2. The fourth-order valence-electron chi connectivity index (χ4n) is 3.28. The predicted octanol–water partition coefficient (Wildman–Crippen LogP) is 1.12. The van der Waals surface area contributed by atoms with Crippen LogP contribution < -0.4 is 10.2 Å². The van der Waals surface area contributed by atoms with Crippen LogP contribution in [0.2, 0.25) is 0 Å². The van der Waals surface area contributed by atoms with Gasteiger partial charge in [-0.05, 0) is 31.1 Å². The molecule has 1 fully saturated rings. The van der Waals surface area contributed by atoms with Crippen molar-refractivity contribution in [3.05, 3.63) is 41.5 Å². The molecule has 0 bridgehead atoms. The number of esters is 1. The van der Waals surface area contributed by atoms with E-state index in [0.717, 1.165) is 6.08 Å². The van der Waals surface area contributed by atoms with Gasteiger partial charge < -0.3 is 25.4 Å². The molecule has 30 heavy (non-hydrogen) atoms. The molecule has 2 heterocycles. The number of nitrogens with zero attached hydrogens (tertiary/aromatic N) is 1. The summed E-state index contributed by atoms with van der Waals surface area (Å²) in [6, 6.07) is 2.56. The molecule has 1 aromatic rings. The molecule has 0 aromatic heterocycles. The molecule has 3 atom stereocenters. The lowest BCUT2D eigenvalue weighted by atomic mass is 10.0. The summed E-state index contributed by atoms with van der Waals surface area (Å²) in [7, 11) is 0. The Morgan fingerprint density at radius 3 is 2.53 bits per heavy atom. The average Bonchev–Trinajstić information content (AvgIpc) is 3.11. The number of urea groups is 1. The Kier molecular flexibility index (Phi) is 6.53. The Hall–Kier alpha value is -3.17. The number of anilines is 1. The Morgan fingerprint density at radius 2 is 1.83 bits per heavy atom. The molecule has 2 amide bonds. The van der Waals surface area contributed by atoms with Crippen molar-refractivity contribution in [1.82, 2.24) is 5.32 Å². The first-order chi connectivity index (χ1) is 14.3. The fourth-order valence-corrected chi connectivity index (χ4v) is 3.28. The number of hydrogen-bond donors (Lipinski definition) is 4. The van der Waals surface area contributed by atoms with Crippen LogP contribution in [0.4, 0.5) is 10.5 Å². The number of carbonyl (C=O) groups excluding carboxylic acids is 3.